The average molecular weight is 330 g/mol. The third kappa shape index (κ3) is 3.60. The summed E-state index contributed by atoms with van der Waals surface area (Å²) in [6, 6.07) is 1.84. The van der Waals surface area contributed by atoms with Gasteiger partial charge in [0.15, 0.2) is 4.67 Å². The van der Waals surface area contributed by atoms with E-state index < -0.39 is 0 Å². The van der Waals surface area contributed by atoms with Gasteiger partial charge in [0.2, 0.25) is 0 Å². The Kier molecular flexibility index (Phi) is 5.05. The zero-order chi connectivity index (χ0) is 13.8. The van der Waals surface area contributed by atoms with Crippen molar-refractivity contribution in [3.05, 3.63) is 22.6 Å². The van der Waals surface area contributed by atoms with Crippen LogP contribution in [-0.2, 0) is 4.74 Å². The van der Waals surface area contributed by atoms with Crippen molar-refractivity contribution in [2.45, 2.75) is 45.3 Å². The lowest BCUT2D eigenvalue weighted by Gasteiger charge is -2.32. The summed E-state index contributed by atoms with van der Waals surface area (Å²) < 4.78 is 11.4. The van der Waals surface area contributed by atoms with Gasteiger partial charge in [-0.25, -0.2) is 0 Å². The number of furan rings is 1. The topological polar surface area (TPSA) is 42.7 Å². The summed E-state index contributed by atoms with van der Waals surface area (Å²) in [5.74, 6) is -0.00945. The molecule has 1 aromatic heterocycles. The molecule has 1 aliphatic heterocycles. The van der Waals surface area contributed by atoms with Crippen molar-refractivity contribution >= 4 is 21.8 Å². The largest absolute Gasteiger partial charge is 0.457 e. The molecule has 4 nitrogen and oxygen atoms in total. The molecule has 19 heavy (non-hydrogen) atoms. The molecule has 0 saturated carbocycles. The predicted octanol–water partition coefficient (Wildman–Crippen LogP) is 3.46. The van der Waals surface area contributed by atoms with Crippen molar-refractivity contribution in [3.8, 4) is 0 Å². The van der Waals surface area contributed by atoms with Gasteiger partial charge in [0.05, 0.1) is 17.9 Å². The van der Waals surface area contributed by atoms with E-state index in [0.717, 1.165) is 19.4 Å². The molecular formula is C14H20BrNO3. The number of amides is 1. The maximum atomic E-state index is 12.5. The lowest BCUT2D eigenvalue weighted by molar-refractivity contribution is -0.00834. The molecule has 5 heteroatoms. The van der Waals surface area contributed by atoms with Gasteiger partial charge in [-0.05, 0) is 55.1 Å². The Morgan fingerprint density at radius 1 is 1.53 bits per heavy atom. The molecular weight excluding hydrogens is 310 g/mol. The molecule has 1 unspecified atom stereocenters. The lowest BCUT2D eigenvalue weighted by atomic mass is 10.1. The summed E-state index contributed by atoms with van der Waals surface area (Å²) in [7, 11) is 0. The van der Waals surface area contributed by atoms with Gasteiger partial charge in [-0.3, -0.25) is 4.79 Å². The normalized spacial score (nSPS) is 19.7. The summed E-state index contributed by atoms with van der Waals surface area (Å²) in [4.78, 5) is 14.4. The number of carbonyl (C=O) groups is 1. The standard InChI is InChI=1S/C14H20BrNO3/c1-10(2)16(9-11-5-3-4-7-18-11)14(17)12-6-8-19-13(12)15/h6,8,10-11H,3-5,7,9H2,1-2H3. The fraction of sp³-hybridized carbons (Fsp3) is 0.643. The fourth-order valence-corrected chi connectivity index (χ4v) is 2.71. The van der Waals surface area contributed by atoms with Crippen LogP contribution in [0.5, 0.6) is 0 Å². The Hall–Kier alpha value is -0.810. The molecule has 1 aromatic rings. The van der Waals surface area contributed by atoms with Crippen LogP contribution in [-0.4, -0.2) is 36.1 Å². The monoisotopic (exact) mass is 329 g/mol. The van der Waals surface area contributed by atoms with E-state index in [1.165, 1.54) is 12.7 Å². The van der Waals surface area contributed by atoms with Crippen LogP contribution in [0.25, 0.3) is 0 Å². The van der Waals surface area contributed by atoms with E-state index in [4.69, 9.17) is 9.15 Å². The van der Waals surface area contributed by atoms with E-state index in [1.54, 1.807) is 6.07 Å². The highest BCUT2D eigenvalue weighted by Crippen LogP contribution is 2.22. The third-order valence-electron chi connectivity index (χ3n) is 3.41. The molecule has 0 spiro atoms. The van der Waals surface area contributed by atoms with Crippen LogP contribution in [0, 0.1) is 0 Å². The number of ether oxygens (including phenoxy) is 1. The summed E-state index contributed by atoms with van der Waals surface area (Å²) in [6.45, 7) is 5.50. The van der Waals surface area contributed by atoms with Crippen molar-refractivity contribution in [1.82, 2.24) is 4.90 Å². The first-order valence-corrected chi connectivity index (χ1v) is 7.54. The van der Waals surface area contributed by atoms with Crippen molar-refractivity contribution in [3.63, 3.8) is 0 Å². The molecule has 0 radical (unpaired) electrons. The number of carbonyl (C=O) groups excluding carboxylic acids is 1. The van der Waals surface area contributed by atoms with Crippen LogP contribution < -0.4 is 0 Å². The van der Waals surface area contributed by atoms with Crippen molar-refractivity contribution in [1.29, 1.82) is 0 Å². The second-order valence-corrected chi connectivity index (χ2v) is 5.87. The van der Waals surface area contributed by atoms with E-state index >= 15 is 0 Å². The second kappa shape index (κ2) is 6.57. The molecule has 1 atom stereocenters. The zero-order valence-electron chi connectivity index (χ0n) is 11.4. The minimum atomic E-state index is -0.00945. The SMILES string of the molecule is CC(C)N(CC1CCCCO1)C(=O)c1ccoc1Br. The van der Waals surface area contributed by atoms with Crippen LogP contribution in [0.2, 0.25) is 0 Å². The highest BCUT2D eigenvalue weighted by molar-refractivity contribution is 9.10. The van der Waals surface area contributed by atoms with Crippen LogP contribution in [0.3, 0.4) is 0 Å². The van der Waals surface area contributed by atoms with Gasteiger partial charge in [-0.15, -0.1) is 0 Å². The first-order valence-electron chi connectivity index (χ1n) is 6.75. The highest BCUT2D eigenvalue weighted by atomic mass is 79.9. The first-order chi connectivity index (χ1) is 9.09. The Morgan fingerprint density at radius 2 is 2.32 bits per heavy atom. The van der Waals surface area contributed by atoms with E-state index in [2.05, 4.69) is 15.9 Å². The number of rotatable bonds is 4. The smallest absolute Gasteiger partial charge is 0.258 e. The average Bonchev–Trinajstić information content (AvgIpc) is 2.82. The third-order valence-corrected chi connectivity index (χ3v) is 4.02. The Morgan fingerprint density at radius 3 is 2.84 bits per heavy atom. The number of nitrogens with zero attached hydrogens (tertiary/aromatic N) is 1. The lowest BCUT2D eigenvalue weighted by Crippen LogP contribution is -2.43. The van der Waals surface area contributed by atoms with E-state index in [-0.39, 0.29) is 18.1 Å². The molecule has 106 valence electrons. The van der Waals surface area contributed by atoms with Crippen molar-refractivity contribution in [2.24, 2.45) is 0 Å². The van der Waals surface area contributed by atoms with Gasteiger partial charge >= 0.3 is 0 Å². The molecule has 2 heterocycles. The number of hydrogen-bond acceptors (Lipinski definition) is 3. The van der Waals surface area contributed by atoms with Crippen LogP contribution in [0.15, 0.2) is 21.4 Å². The summed E-state index contributed by atoms with van der Waals surface area (Å²) >= 11 is 3.26. The molecule has 1 amide bonds. The highest BCUT2D eigenvalue weighted by Gasteiger charge is 2.26. The van der Waals surface area contributed by atoms with E-state index in [0.29, 0.717) is 16.8 Å². The Labute approximate surface area is 122 Å². The van der Waals surface area contributed by atoms with Gasteiger partial charge in [0.25, 0.3) is 5.91 Å². The molecule has 0 aromatic carbocycles. The van der Waals surface area contributed by atoms with Gasteiger partial charge < -0.3 is 14.1 Å². The van der Waals surface area contributed by atoms with E-state index in [1.807, 2.05) is 18.7 Å². The zero-order valence-corrected chi connectivity index (χ0v) is 13.0. The summed E-state index contributed by atoms with van der Waals surface area (Å²) in [6.07, 6.45) is 5.01. The number of hydrogen-bond donors (Lipinski definition) is 0. The van der Waals surface area contributed by atoms with Gasteiger partial charge in [0, 0.05) is 19.2 Å². The second-order valence-electron chi connectivity index (χ2n) is 5.15. The van der Waals surface area contributed by atoms with Gasteiger partial charge in [0.1, 0.15) is 0 Å². The maximum Gasteiger partial charge on any atom is 0.258 e. The first kappa shape index (κ1) is 14.6. The predicted molar refractivity (Wildman–Crippen MR) is 76.2 cm³/mol. The molecule has 0 bridgehead atoms. The van der Waals surface area contributed by atoms with E-state index in [9.17, 15) is 4.79 Å². The van der Waals surface area contributed by atoms with Crippen LogP contribution in [0.4, 0.5) is 0 Å². The minimum absolute atomic E-state index is 0.00945. The number of halogens is 1. The Balaban J connectivity index is 2.07. The van der Waals surface area contributed by atoms with Gasteiger partial charge in [-0.2, -0.15) is 0 Å². The molecule has 1 saturated heterocycles. The minimum Gasteiger partial charge on any atom is -0.457 e. The summed E-state index contributed by atoms with van der Waals surface area (Å²) in [5.41, 5.74) is 0.574. The molecule has 1 aliphatic rings. The molecule has 0 N–H and O–H groups in total. The van der Waals surface area contributed by atoms with Gasteiger partial charge in [-0.1, -0.05) is 0 Å². The molecule has 0 aliphatic carbocycles. The molecule has 1 fully saturated rings. The maximum absolute atomic E-state index is 12.5. The Bertz CT molecular complexity index is 424. The quantitative estimate of drug-likeness (QED) is 0.849. The van der Waals surface area contributed by atoms with Crippen LogP contribution >= 0.6 is 15.9 Å². The summed E-state index contributed by atoms with van der Waals surface area (Å²) in [5, 5.41) is 0. The van der Waals surface area contributed by atoms with Crippen LogP contribution in [0.1, 0.15) is 43.5 Å². The fourth-order valence-electron chi connectivity index (χ4n) is 2.30. The van der Waals surface area contributed by atoms with Crippen molar-refractivity contribution < 1.29 is 13.9 Å². The molecule has 2 rings (SSSR count). The van der Waals surface area contributed by atoms with Crippen molar-refractivity contribution in [2.75, 3.05) is 13.2 Å².